The molecule has 3 rings (SSSR count). The van der Waals surface area contributed by atoms with Gasteiger partial charge in [0.1, 0.15) is 4.99 Å². The summed E-state index contributed by atoms with van der Waals surface area (Å²) >= 11 is 5.71. The Morgan fingerprint density at radius 3 is 1.83 bits per heavy atom. The van der Waals surface area contributed by atoms with Gasteiger partial charge in [-0.2, -0.15) is 0 Å². The van der Waals surface area contributed by atoms with Gasteiger partial charge in [0.15, 0.2) is 0 Å². The molecule has 0 saturated carbocycles. The van der Waals surface area contributed by atoms with E-state index in [2.05, 4.69) is 30.3 Å². The molecule has 0 atom stereocenters. The number of anilines is 1. The Bertz CT molecular complexity index is 780. The highest BCUT2D eigenvalue weighted by Crippen LogP contribution is 2.19. The first-order chi connectivity index (χ1) is 11.3. The highest BCUT2D eigenvalue weighted by Gasteiger charge is 2.10. The SMILES string of the molecule is S=C(c1ccccc1)N(/C=C/c1ccccc1)c1ccccc1. The predicted molar refractivity (Wildman–Crippen MR) is 103 cm³/mol. The van der Waals surface area contributed by atoms with Crippen LogP contribution in [0.1, 0.15) is 11.1 Å². The minimum atomic E-state index is 0.781. The first-order valence-corrected chi connectivity index (χ1v) is 7.92. The van der Waals surface area contributed by atoms with Gasteiger partial charge in [-0.25, -0.2) is 0 Å². The summed E-state index contributed by atoms with van der Waals surface area (Å²) < 4.78 is 0. The molecule has 0 radical (unpaired) electrons. The smallest absolute Gasteiger partial charge is 0.117 e. The molecule has 0 heterocycles. The quantitative estimate of drug-likeness (QED) is 0.582. The van der Waals surface area contributed by atoms with Gasteiger partial charge < -0.3 is 4.90 Å². The molecule has 0 spiro atoms. The lowest BCUT2D eigenvalue weighted by Crippen LogP contribution is -2.24. The van der Waals surface area contributed by atoms with Gasteiger partial charge in [0.2, 0.25) is 0 Å². The van der Waals surface area contributed by atoms with Gasteiger partial charge in [0.25, 0.3) is 0 Å². The Hall–Kier alpha value is -2.71. The monoisotopic (exact) mass is 315 g/mol. The molecule has 0 aliphatic rings. The summed E-state index contributed by atoms with van der Waals surface area (Å²) in [7, 11) is 0. The van der Waals surface area contributed by atoms with Crippen molar-refractivity contribution in [2.75, 3.05) is 4.90 Å². The van der Waals surface area contributed by atoms with E-state index >= 15 is 0 Å². The standard InChI is InChI=1S/C21H17NS/c23-21(19-12-6-2-7-13-19)22(20-14-8-3-9-15-20)17-16-18-10-4-1-5-11-18/h1-17H/b17-16+. The van der Waals surface area contributed by atoms with Gasteiger partial charge in [0, 0.05) is 17.5 Å². The third kappa shape index (κ3) is 3.93. The van der Waals surface area contributed by atoms with Crippen molar-refractivity contribution in [3.8, 4) is 0 Å². The topological polar surface area (TPSA) is 3.24 Å². The zero-order valence-electron chi connectivity index (χ0n) is 12.7. The summed E-state index contributed by atoms with van der Waals surface area (Å²) in [4.78, 5) is 2.82. The minimum absolute atomic E-state index is 0.781. The van der Waals surface area contributed by atoms with Crippen LogP contribution in [0.3, 0.4) is 0 Å². The maximum absolute atomic E-state index is 5.71. The van der Waals surface area contributed by atoms with Crippen molar-refractivity contribution in [1.82, 2.24) is 0 Å². The van der Waals surface area contributed by atoms with E-state index in [1.54, 1.807) is 0 Å². The molecule has 0 aliphatic heterocycles. The summed E-state index contributed by atoms with van der Waals surface area (Å²) in [6, 6.07) is 30.5. The molecule has 1 nitrogen and oxygen atoms in total. The fourth-order valence-electron chi connectivity index (χ4n) is 2.30. The molecule has 0 aromatic heterocycles. The number of thiocarbonyl (C=S) groups is 1. The lowest BCUT2D eigenvalue weighted by Gasteiger charge is -2.21. The van der Waals surface area contributed by atoms with Crippen molar-refractivity contribution < 1.29 is 0 Å². The van der Waals surface area contributed by atoms with E-state index in [1.807, 2.05) is 77.8 Å². The Balaban J connectivity index is 1.95. The molecule has 3 aromatic carbocycles. The van der Waals surface area contributed by atoms with Crippen LogP contribution in [0.25, 0.3) is 6.08 Å². The second-order valence-corrected chi connectivity index (χ2v) is 5.49. The van der Waals surface area contributed by atoms with E-state index in [4.69, 9.17) is 12.2 Å². The molecule has 0 bridgehead atoms. The molecule has 0 unspecified atom stereocenters. The lowest BCUT2D eigenvalue weighted by atomic mass is 10.2. The van der Waals surface area contributed by atoms with Crippen LogP contribution in [-0.4, -0.2) is 4.99 Å². The van der Waals surface area contributed by atoms with Gasteiger partial charge in [-0.05, 0) is 23.8 Å². The van der Waals surface area contributed by atoms with Gasteiger partial charge in [-0.3, -0.25) is 0 Å². The summed E-state index contributed by atoms with van der Waals surface area (Å²) in [5, 5.41) is 0. The van der Waals surface area contributed by atoms with Crippen LogP contribution in [0, 0.1) is 0 Å². The van der Waals surface area contributed by atoms with Crippen LogP contribution >= 0.6 is 12.2 Å². The highest BCUT2D eigenvalue weighted by atomic mass is 32.1. The summed E-state index contributed by atoms with van der Waals surface area (Å²) in [5.74, 6) is 0. The molecule has 0 aliphatic carbocycles. The van der Waals surface area contributed by atoms with Crippen molar-refractivity contribution in [2.24, 2.45) is 0 Å². The van der Waals surface area contributed by atoms with Crippen molar-refractivity contribution in [1.29, 1.82) is 0 Å². The van der Waals surface area contributed by atoms with Crippen molar-refractivity contribution >= 4 is 29.0 Å². The first kappa shape index (κ1) is 15.2. The molecule has 0 amide bonds. The molecule has 3 aromatic rings. The van der Waals surface area contributed by atoms with Gasteiger partial charge in [0.05, 0.1) is 0 Å². The third-order valence-electron chi connectivity index (χ3n) is 3.49. The van der Waals surface area contributed by atoms with Crippen molar-refractivity contribution in [3.05, 3.63) is 108 Å². The van der Waals surface area contributed by atoms with Crippen LogP contribution < -0.4 is 4.90 Å². The Morgan fingerprint density at radius 2 is 1.22 bits per heavy atom. The van der Waals surface area contributed by atoms with E-state index in [-0.39, 0.29) is 0 Å². The molecule has 0 N–H and O–H groups in total. The molecule has 23 heavy (non-hydrogen) atoms. The lowest BCUT2D eigenvalue weighted by molar-refractivity contribution is 1.37. The second kappa shape index (κ2) is 7.52. The minimum Gasteiger partial charge on any atom is -0.308 e. The van der Waals surface area contributed by atoms with E-state index < -0.39 is 0 Å². The maximum Gasteiger partial charge on any atom is 0.117 e. The number of hydrogen-bond acceptors (Lipinski definition) is 1. The molecule has 0 saturated heterocycles. The largest absolute Gasteiger partial charge is 0.308 e. The number of para-hydroxylation sites is 1. The fourth-order valence-corrected chi connectivity index (χ4v) is 2.61. The van der Waals surface area contributed by atoms with Gasteiger partial charge in [-0.15, -0.1) is 0 Å². The number of rotatable bonds is 4. The van der Waals surface area contributed by atoms with Gasteiger partial charge in [-0.1, -0.05) is 91.1 Å². The Labute approximate surface area is 142 Å². The zero-order valence-corrected chi connectivity index (χ0v) is 13.5. The number of benzene rings is 3. The third-order valence-corrected chi connectivity index (χ3v) is 3.92. The summed E-state index contributed by atoms with van der Waals surface area (Å²) in [6.07, 6.45) is 4.10. The first-order valence-electron chi connectivity index (χ1n) is 7.51. The van der Waals surface area contributed by atoms with Crippen LogP contribution in [0.15, 0.2) is 97.2 Å². The predicted octanol–water partition coefficient (Wildman–Crippen LogP) is 5.54. The van der Waals surface area contributed by atoms with Crippen LogP contribution in [0.5, 0.6) is 0 Å². The highest BCUT2D eigenvalue weighted by molar-refractivity contribution is 7.81. The van der Waals surface area contributed by atoms with Gasteiger partial charge >= 0.3 is 0 Å². The fraction of sp³-hybridized carbons (Fsp3) is 0. The molecular weight excluding hydrogens is 298 g/mol. The maximum atomic E-state index is 5.71. The Kier molecular flexibility index (Phi) is 4.97. The van der Waals surface area contributed by atoms with E-state index in [1.165, 1.54) is 0 Å². The van der Waals surface area contributed by atoms with Crippen LogP contribution in [0.2, 0.25) is 0 Å². The van der Waals surface area contributed by atoms with E-state index in [0.717, 1.165) is 21.8 Å². The summed E-state index contributed by atoms with van der Waals surface area (Å²) in [6.45, 7) is 0. The average molecular weight is 315 g/mol. The van der Waals surface area contributed by atoms with E-state index in [0.29, 0.717) is 0 Å². The molecule has 2 heteroatoms. The molecular formula is C21H17NS. The number of hydrogen-bond donors (Lipinski definition) is 0. The van der Waals surface area contributed by atoms with Crippen LogP contribution in [-0.2, 0) is 0 Å². The van der Waals surface area contributed by atoms with Crippen molar-refractivity contribution in [2.45, 2.75) is 0 Å². The molecule has 0 fully saturated rings. The summed E-state index contributed by atoms with van der Waals surface area (Å²) in [5.41, 5.74) is 3.22. The van der Waals surface area contributed by atoms with Crippen LogP contribution in [0.4, 0.5) is 5.69 Å². The molecule has 112 valence electrons. The van der Waals surface area contributed by atoms with Crippen molar-refractivity contribution in [3.63, 3.8) is 0 Å². The average Bonchev–Trinajstić information content (AvgIpc) is 2.64. The Morgan fingerprint density at radius 1 is 0.696 bits per heavy atom. The second-order valence-electron chi connectivity index (χ2n) is 5.10. The normalized spacial score (nSPS) is 10.6. The number of nitrogens with zero attached hydrogens (tertiary/aromatic N) is 1. The van der Waals surface area contributed by atoms with E-state index in [9.17, 15) is 0 Å². The zero-order chi connectivity index (χ0) is 15.9.